The van der Waals surface area contributed by atoms with Crippen LogP contribution in [0.3, 0.4) is 0 Å². The minimum atomic E-state index is 0.333. The highest BCUT2D eigenvalue weighted by molar-refractivity contribution is 7.10. The van der Waals surface area contributed by atoms with E-state index in [0.717, 1.165) is 12.4 Å². The van der Waals surface area contributed by atoms with Crippen molar-refractivity contribution in [2.75, 3.05) is 17.6 Å². The lowest BCUT2D eigenvalue weighted by atomic mass is 9.90. The molecule has 0 bridgehead atoms. The molecule has 0 aliphatic heterocycles. The van der Waals surface area contributed by atoms with Crippen molar-refractivity contribution in [1.82, 2.24) is 4.37 Å². The second kappa shape index (κ2) is 4.24. The van der Waals surface area contributed by atoms with Crippen molar-refractivity contribution in [2.45, 2.75) is 46.0 Å². The van der Waals surface area contributed by atoms with Crippen LogP contribution in [0.25, 0.3) is 0 Å². The Morgan fingerprint density at radius 2 is 2.19 bits per heavy atom. The Morgan fingerprint density at radius 1 is 1.50 bits per heavy atom. The van der Waals surface area contributed by atoms with Crippen LogP contribution in [0.5, 0.6) is 0 Å². The van der Waals surface area contributed by atoms with Gasteiger partial charge in [0.1, 0.15) is 10.8 Å². The summed E-state index contributed by atoms with van der Waals surface area (Å²) in [5.74, 6) is 1.41. The third-order valence-electron chi connectivity index (χ3n) is 3.43. The first kappa shape index (κ1) is 11.7. The van der Waals surface area contributed by atoms with E-state index in [4.69, 9.17) is 5.73 Å². The molecule has 1 saturated carbocycles. The van der Waals surface area contributed by atoms with E-state index in [1.165, 1.54) is 41.4 Å². The minimum Gasteiger partial charge on any atom is -0.383 e. The van der Waals surface area contributed by atoms with Crippen LogP contribution >= 0.6 is 11.5 Å². The van der Waals surface area contributed by atoms with Gasteiger partial charge in [-0.2, -0.15) is 4.37 Å². The molecular weight excluding hydrogens is 218 g/mol. The number of nitrogens with zero attached hydrogens (tertiary/aromatic N) is 1. The van der Waals surface area contributed by atoms with Gasteiger partial charge in [0.05, 0.1) is 0 Å². The van der Waals surface area contributed by atoms with Crippen LogP contribution in [-0.2, 0) is 0 Å². The van der Waals surface area contributed by atoms with Gasteiger partial charge in [0.25, 0.3) is 0 Å². The molecule has 1 heterocycles. The van der Waals surface area contributed by atoms with Crippen LogP contribution in [0.15, 0.2) is 0 Å². The molecular formula is C12H21N3S. The molecule has 2 rings (SSSR count). The summed E-state index contributed by atoms with van der Waals surface area (Å²) in [6.07, 6.45) is 3.72. The number of aromatic nitrogens is 1. The molecule has 1 aliphatic carbocycles. The number of nitrogen functional groups attached to an aromatic ring is 1. The SMILES string of the molecule is CCC(C)(C)CNc1snc(N)c1C1CC1. The maximum absolute atomic E-state index is 5.91. The molecule has 0 atom stereocenters. The Hall–Kier alpha value is -0.770. The molecule has 1 aromatic rings. The molecule has 0 unspecified atom stereocenters. The number of nitrogens with one attached hydrogen (secondary N) is 1. The number of anilines is 2. The normalized spacial score (nSPS) is 16.4. The smallest absolute Gasteiger partial charge is 0.142 e. The zero-order chi connectivity index (χ0) is 11.8. The van der Waals surface area contributed by atoms with Gasteiger partial charge in [0.2, 0.25) is 0 Å². The highest BCUT2D eigenvalue weighted by Crippen LogP contribution is 2.47. The maximum atomic E-state index is 5.91. The quantitative estimate of drug-likeness (QED) is 0.827. The molecule has 0 spiro atoms. The Kier molecular flexibility index (Phi) is 3.10. The van der Waals surface area contributed by atoms with Crippen LogP contribution in [0, 0.1) is 5.41 Å². The molecule has 1 fully saturated rings. The van der Waals surface area contributed by atoms with Crippen molar-refractivity contribution in [3.8, 4) is 0 Å². The van der Waals surface area contributed by atoms with Crippen molar-refractivity contribution < 1.29 is 0 Å². The molecule has 1 aliphatic rings. The fourth-order valence-corrected chi connectivity index (χ4v) is 2.44. The monoisotopic (exact) mass is 239 g/mol. The predicted octanol–water partition coefficient (Wildman–Crippen LogP) is 3.45. The lowest BCUT2D eigenvalue weighted by Crippen LogP contribution is -2.22. The Labute approximate surface area is 102 Å². The van der Waals surface area contributed by atoms with Crippen LogP contribution in [0.4, 0.5) is 10.8 Å². The van der Waals surface area contributed by atoms with E-state index < -0.39 is 0 Å². The average molecular weight is 239 g/mol. The zero-order valence-electron chi connectivity index (χ0n) is 10.3. The number of rotatable bonds is 5. The molecule has 16 heavy (non-hydrogen) atoms. The van der Waals surface area contributed by atoms with Crippen molar-refractivity contribution in [3.05, 3.63) is 5.56 Å². The maximum Gasteiger partial charge on any atom is 0.142 e. The third kappa shape index (κ3) is 2.48. The molecule has 4 heteroatoms. The van der Waals surface area contributed by atoms with Gasteiger partial charge in [-0.3, -0.25) is 0 Å². The van der Waals surface area contributed by atoms with E-state index in [0.29, 0.717) is 11.3 Å². The molecule has 0 radical (unpaired) electrons. The summed E-state index contributed by atoms with van der Waals surface area (Å²) in [6.45, 7) is 7.78. The van der Waals surface area contributed by atoms with Gasteiger partial charge >= 0.3 is 0 Å². The fraction of sp³-hybridized carbons (Fsp3) is 0.750. The molecule has 0 saturated heterocycles. The number of nitrogens with two attached hydrogens (primary N) is 1. The van der Waals surface area contributed by atoms with E-state index in [2.05, 4.69) is 30.5 Å². The standard InChI is InChI=1S/C12H21N3S/c1-4-12(2,3)7-14-11-9(8-5-6-8)10(13)15-16-11/h8,14H,4-7H2,1-3H3,(H2,13,15). The summed E-state index contributed by atoms with van der Waals surface area (Å²) < 4.78 is 4.26. The number of hydrogen-bond donors (Lipinski definition) is 2. The largest absolute Gasteiger partial charge is 0.383 e. The molecule has 1 aromatic heterocycles. The summed E-state index contributed by atoms with van der Waals surface area (Å²) in [7, 11) is 0. The summed E-state index contributed by atoms with van der Waals surface area (Å²) in [5.41, 5.74) is 7.52. The lowest BCUT2D eigenvalue weighted by molar-refractivity contribution is 0.377. The second-order valence-electron chi connectivity index (χ2n) is 5.46. The van der Waals surface area contributed by atoms with Crippen LogP contribution < -0.4 is 11.1 Å². The summed E-state index contributed by atoms with van der Waals surface area (Å²) in [6, 6.07) is 0. The van der Waals surface area contributed by atoms with Gasteiger partial charge < -0.3 is 11.1 Å². The molecule has 3 N–H and O–H groups in total. The summed E-state index contributed by atoms with van der Waals surface area (Å²) in [4.78, 5) is 0. The minimum absolute atomic E-state index is 0.333. The van der Waals surface area contributed by atoms with E-state index in [1.807, 2.05) is 0 Å². The average Bonchev–Trinajstić information content (AvgIpc) is 3.01. The van der Waals surface area contributed by atoms with Crippen LogP contribution in [0.1, 0.15) is 51.5 Å². The van der Waals surface area contributed by atoms with Crippen molar-refractivity contribution in [2.24, 2.45) is 5.41 Å². The first-order chi connectivity index (χ1) is 7.53. The summed E-state index contributed by atoms with van der Waals surface area (Å²) in [5, 5.41) is 4.72. The highest BCUT2D eigenvalue weighted by Gasteiger charge is 2.30. The van der Waals surface area contributed by atoms with E-state index >= 15 is 0 Å². The van der Waals surface area contributed by atoms with Gasteiger partial charge in [-0.05, 0) is 42.1 Å². The molecule has 90 valence electrons. The van der Waals surface area contributed by atoms with Crippen LogP contribution in [-0.4, -0.2) is 10.9 Å². The Balaban J connectivity index is 2.04. The molecule has 0 amide bonds. The van der Waals surface area contributed by atoms with Gasteiger partial charge in [-0.15, -0.1) is 0 Å². The number of hydrogen-bond acceptors (Lipinski definition) is 4. The van der Waals surface area contributed by atoms with E-state index in [9.17, 15) is 0 Å². The van der Waals surface area contributed by atoms with Crippen molar-refractivity contribution in [1.29, 1.82) is 0 Å². The second-order valence-corrected chi connectivity index (χ2v) is 6.23. The zero-order valence-corrected chi connectivity index (χ0v) is 11.2. The van der Waals surface area contributed by atoms with E-state index in [-0.39, 0.29) is 0 Å². The van der Waals surface area contributed by atoms with Crippen molar-refractivity contribution >= 4 is 22.4 Å². The van der Waals surface area contributed by atoms with Gasteiger partial charge in [0, 0.05) is 12.1 Å². The van der Waals surface area contributed by atoms with Crippen molar-refractivity contribution in [3.63, 3.8) is 0 Å². The predicted molar refractivity (Wildman–Crippen MR) is 71.1 cm³/mol. The summed E-state index contributed by atoms with van der Waals surface area (Å²) >= 11 is 1.51. The van der Waals surface area contributed by atoms with Gasteiger partial charge in [0.15, 0.2) is 0 Å². The third-order valence-corrected chi connectivity index (χ3v) is 4.26. The Morgan fingerprint density at radius 3 is 2.75 bits per heavy atom. The van der Waals surface area contributed by atoms with Gasteiger partial charge in [-0.25, -0.2) is 0 Å². The van der Waals surface area contributed by atoms with Crippen LogP contribution in [0.2, 0.25) is 0 Å². The molecule has 3 nitrogen and oxygen atoms in total. The fourth-order valence-electron chi connectivity index (χ4n) is 1.65. The van der Waals surface area contributed by atoms with Gasteiger partial charge in [-0.1, -0.05) is 20.8 Å². The lowest BCUT2D eigenvalue weighted by Gasteiger charge is -2.23. The van der Waals surface area contributed by atoms with E-state index in [1.54, 1.807) is 0 Å². The topological polar surface area (TPSA) is 50.9 Å². The molecule has 0 aromatic carbocycles. The Bertz CT molecular complexity index is 366. The first-order valence-corrected chi connectivity index (χ1v) is 6.80. The first-order valence-electron chi connectivity index (χ1n) is 6.02. The highest BCUT2D eigenvalue weighted by atomic mass is 32.1.